The molecule has 168 valence electrons. The fourth-order valence-electron chi connectivity index (χ4n) is 4.16. The first kappa shape index (κ1) is 22.4. The van der Waals surface area contributed by atoms with Crippen molar-refractivity contribution >= 4 is 5.91 Å². The predicted molar refractivity (Wildman–Crippen MR) is 114 cm³/mol. The first-order valence-electron chi connectivity index (χ1n) is 10.4. The highest BCUT2D eigenvalue weighted by atomic mass is 19.4. The number of carbonyl (C=O) groups excluding carboxylic acids is 1. The van der Waals surface area contributed by atoms with Crippen molar-refractivity contribution in [3.05, 3.63) is 77.9 Å². The Labute approximate surface area is 188 Å². The number of hydrogen-bond acceptors (Lipinski definition) is 5. The maximum absolute atomic E-state index is 13.4. The number of nitrogens with zero attached hydrogens (tertiary/aromatic N) is 5. The van der Waals surface area contributed by atoms with Gasteiger partial charge in [0, 0.05) is 25.5 Å². The molecule has 1 aliphatic rings. The summed E-state index contributed by atoms with van der Waals surface area (Å²) >= 11 is 0. The lowest BCUT2D eigenvalue weighted by Gasteiger charge is -2.38. The van der Waals surface area contributed by atoms with Crippen LogP contribution in [0.25, 0.3) is 11.4 Å². The molecule has 4 rings (SSSR count). The maximum Gasteiger partial charge on any atom is 0.416 e. The Morgan fingerprint density at radius 2 is 1.82 bits per heavy atom. The van der Waals surface area contributed by atoms with Crippen LogP contribution < -0.4 is 0 Å². The SMILES string of the molecule is N#CC1(Cc2ccccc2C(F)(F)F)CCN(C(=O)c2cccnc2-c2ccncn2)CC1. The van der Waals surface area contributed by atoms with Crippen LogP contribution in [0.5, 0.6) is 0 Å². The number of pyridine rings is 1. The van der Waals surface area contributed by atoms with E-state index in [0.717, 1.165) is 6.07 Å². The molecule has 9 heteroatoms. The van der Waals surface area contributed by atoms with Crippen molar-refractivity contribution in [2.75, 3.05) is 13.1 Å². The lowest BCUT2D eigenvalue weighted by molar-refractivity contribution is -0.138. The average Bonchev–Trinajstić information content (AvgIpc) is 2.84. The first-order valence-corrected chi connectivity index (χ1v) is 10.4. The van der Waals surface area contributed by atoms with E-state index in [9.17, 15) is 23.2 Å². The highest BCUT2D eigenvalue weighted by molar-refractivity contribution is 5.99. The summed E-state index contributed by atoms with van der Waals surface area (Å²) in [5, 5.41) is 9.87. The summed E-state index contributed by atoms with van der Waals surface area (Å²) in [7, 11) is 0. The van der Waals surface area contributed by atoms with Gasteiger partial charge in [-0.3, -0.25) is 9.78 Å². The van der Waals surface area contributed by atoms with Gasteiger partial charge in [-0.15, -0.1) is 0 Å². The lowest BCUT2D eigenvalue weighted by atomic mass is 9.74. The van der Waals surface area contributed by atoms with Crippen LogP contribution in [0.1, 0.15) is 34.3 Å². The highest BCUT2D eigenvalue weighted by Crippen LogP contribution is 2.39. The molecule has 6 nitrogen and oxygen atoms in total. The third-order valence-electron chi connectivity index (χ3n) is 5.96. The smallest absolute Gasteiger partial charge is 0.338 e. The Balaban J connectivity index is 1.53. The van der Waals surface area contributed by atoms with Gasteiger partial charge in [0.05, 0.1) is 28.3 Å². The summed E-state index contributed by atoms with van der Waals surface area (Å²) in [6.07, 6.45) is 0.575. The normalized spacial score (nSPS) is 15.6. The summed E-state index contributed by atoms with van der Waals surface area (Å²) in [6, 6.07) is 12.6. The van der Waals surface area contributed by atoms with Crippen LogP contribution in [0, 0.1) is 16.7 Å². The minimum absolute atomic E-state index is 0.0136. The molecule has 1 amide bonds. The van der Waals surface area contributed by atoms with Crippen LogP contribution in [0.15, 0.2) is 61.2 Å². The van der Waals surface area contributed by atoms with Crippen LogP contribution in [-0.2, 0) is 12.6 Å². The van der Waals surface area contributed by atoms with Gasteiger partial charge in [-0.2, -0.15) is 18.4 Å². The zero-order chi connectivity index (χ0) is 23.5. The zero-order valence-corrected chi connectivity index (χ0v) is 17.6. The minimum atomic E-state index is -4.48. The maximum atomic E-state index is 13.4. The van der Waals surface area contributed by atoms with E-state index in [4.69, 9.17) is 0 Å². The van der Waals surface area contributed by atoms with Gasteiger partial charge in [0.2, 0.25) is 0 Å². The molecule has 3 aromatic rings. The summed E-state index contributed by atoms with van der Waals surface area (Å²) in [6.45, 7) is 0.525. The molecule has 1 aromatic carbocycles. The molecule has 0 spiro atoms. The molecule has 0 N–H and O–H groups in total. The second-order valence-electron chi connectivity index (χ2n) is 8.01. The third kappa shape index (κ3) is 4.70. The molecule has 33 heavy (non-hydrogen) atoms. The van der Waals surface area contributed by atoms with Crippen molar-refractivity contribution in [2.24, 2.45) is 5.41 Å². The molecule has 3 heterocycles. The van der Waals surface area contributed by atoms with Gasteiger partial charge < -0.3 is 4.90 Å². The fourth-order valence-corrected chi connectivity index (χ4v) is 4.16. The van der Waals surface area contributed by atoms with Gasteiger partial charge in [0.25, 0.3) is 5.91 Å². The number of rotatable bonds is 4. The molecular weight excluding hydrogens is 431 g/mol. The zero-order valence-electron chi connectivity index (χ0n) is 17.6. The topological polar surface area (TPSA) is 82.8 Å². The molecule has 0 atom stereocenters. The van der Waals surface area contributed by atoms with E-state index in [1.165, 1.54) is 18.5 Å². The van der Waals surface area contributed by atoms with E-state index in [0.29, 0.717) is 17.0 Å². The van der Waals surface area contributed by atoms with Crippen LogP contribution in [0.4, 0.5) is 13.2 Å². The molecule has 1 aliphatic heterocycles. The molecule has 0 radical (unpaired) electrons. The number of hydrogen-bond donors (Lipinski definition) is 0. The van der Waals surface area contributed by atoms with E-state index in [1.54, 1.807) is 41.6 Å². The first-order chi connectivity index (χ1) is 15.8. The van der Waals surface area contributed by atoms with E-state index in [2.05, 4.69) is 21.0 Å². The molecule has 0 saturated carbocycles. The molecule has 0 aliphatic carbocycles. The Bertz CT molecular complexity index is 1180. The summed E-state index contributed by atoms with van der Waals surface area (Å²) in [5.74, 6) is -0.251. The number of carbonyl (C=O) groups is 1. The third-order valence-corrected chi connectivity index (χ3v) is 5.96. The van der Waals surface area contributed by atoms with Crippen LogP contribution >= 0.6 is 0 Å². The predicted octanol–water partition coefficient (Wildman–Crippen LogP) is 4.55. The molecule has 0 unspecified atom stereocenters. The summed E-state index contributed by atoms with van der Waals surface area (Å²) < 4.78 is 40.2. The number of benzene rings is 1. The highest BCUT2D eigenvalue weighted by Gasteiger charge is 2.40. The van der Waals surface area contributed by atoms with Gasteiger partial charge in [0.1, 0.15) is 12.0 Å². The number of piperidine rings is 1. The van der Waals surface area contributed by atoms with Crippen molar-refractivity contribution in [3.63, 3.8) is 0 Å². The van der Waals surface area contributed by atoms with Crippen molar-refractivity contribution in [1.82, 2.24) is 19.9 Å². The summed E-state index contributed by atoms with van der Waals surface area (Å²) in [4.78, 5) is 27.2. The Kier molecular flexibility index (Phi) is 6.09. The van der Waals surface area contributed by atoms with Crippen molar-refractivity contribution in [1.29, 1.82) is 5.26 Å². The number of likely N-dealkylation sites (tertiary alicyclic amines) is 1. The van der Waals surface area contributed by atoms with Gasteiger partial charge in [0.15, 0.2) is 0 Å². The number of aromatic nitrogens is 3. The van der Waals surface area contributed by atoms with Crippen LogP contribution in [-0.4, -0.2) is 38.8 Å². The monoisotopic (exact) mass is 451 g/mol. The van der Waals surface area contributed by atoms with E-state index < -0.39 is 17.2 Å². The van der Waals surface area contributed by atoms with Crippen molar-refractivity contribution in [3.8, 4) is 17.5 Å². The fraction of sp³-hybridized carbons (Fsp3) is 0.292. The quantitative estimate of drug-likeness (QED) is 0.581. The Morgan fingerprint density at radius 3 is 2.48 bits per heavy atom. The Morgan fingerprint density at radius 1 is 1.06 bits per heavy atom. The van der Waals surface area contributed by atoms with Crippen LogP contribution in [0.2, 0.25) is 0 Å². The van der Waals surface area contributed by atoms with E-state index in [1.807, 2.05) is 0 Å². The van der Waals surface area contributed by atoms with Crippen molar-refractivity contribution in [2.45, 2.75) is 25.4 Å². The summed E-state index contributed by atoms with van der Waals surface area (Å²) in [5.41, 5.74) is -0.263. The van der Waals surface area contributed by atoms with Crippen molar-refractivity contribution < 1.29 is 18.0 Å². The second kappa shape index (κ2) is 8.98. The van der Waals surface area contributed by atoms with E-state index in [-0.39, 0.29) is 43.8 Å². The number of nitriles is 1. The number of alkyl halides is 3. The Hall–Kier alpha value is -3.80. The number of amides is 1. The second-order valence-corrected chi connectivity index (χ2v) is 8.01. The molecule has 2 aromatic heterocycles. The standard InChI is InChI=1S/C24H20F3N5O/c25-24(26,27)19-6-2-1-4-17(19)14-23(15-28)8-12-32(13-9-23)22(33)18-5-3-10-30-21(18)20-7-11-29-16-31-20/h1-7,10-11,16H,8-9,12-14H2. The molecule has 1 fully saturated rings. The molecule has 1 saturated heterocycles. The minimum Gasteiger partial charge on any atom is -0.338 e. The van der Waals surface area contributed by atoms with Gasteiger partial charge >= 0.3 is 6.18 Å². The van der Waals surface area contributed by atoms with Gasteiger partial charge in [-0.05, 0) is 49.1 Å². The molecule has 0 bridgehead atoms. The average molecular weight is 451 g/mol. The molecular formula is C24H20F3N5O. The van der Waals surface area contributed by atoms with Gasteiger partial charge in [-0.25, -0.2) is 9.97 Å². The number of halogens is 3. The lowest BCUT2D eigenvalue weighted by Crippen LogP contribution is -2.44. The van der Waals surface area contributed by atoms with Gasteiger partial charge in [-0.1, -0.05) is 18.2 Å². The van der Waals surface area contributed by atoms with E-state index >= 15 is 0 Å². The largest absolute Gasteiger partial charge is 0.416 e. The van der Waals surface area contributed by atoms with Crippen LogP contribution in [0.3, 0.4) is 0 Å².